The Morgan fingerprint density at radius 2 is 2.00 bits per heavy atom. The van der Waals surface area contributed by atoms with E-state index in [-0.39, 0.29) is 18.0 Å². The van der Waals surface area contributed by atoms with E-state index in [0.29, 0.717) is 17.4 Å². The van der Waals surface area contributed by atoms with Crippen LogP contribution in [0.1, 0.15) is 30.0 Å². The van der Waals surface area contributed by atoms with Gasteiger partial charge in [0.25, 0.3) is 0 Å². The van der Waals surface area contributed by atoms with Gasteiger partial charge in [0.15, 0.2) is 0 Å². The first-order chi connectivity index (χ1) is 12.6. The molecule has 1 aliphatic carbocycles. The lowest BCUT2D eigenvalue weighted by Crippen LogP contribution is -2.27. The summed E-state index contributed by atoms with van der Waals surface area (Å²) in [6.45, 7) is 0.539. The van der Waals surface area contributed by atoms with Gasteiger partial charge >= 0.3 is 0 Å². The van der Waals surface area contributed by atoms with E-state index in [0.717, 1.165) is 35.4 Å². The molecule has 3 aromatic rings. The number of aromatic nitrogens is 4. The number of aromatic amines is 1. The van der Waals surface area contributed by atoms with Crippen molar-refractivity contribution in [3.63, 3.8) is 0 Å². The number of hydrogen-bond acceptors (Lipinski definition) is 6. The van der Waals surface area contributed by atoms with Crippen LogP contribution in [0.25, 0.3) is 11.3 Å². The Balaban J connectivity index is 1.50. The number of H-pyrrole nitrogens is 1. The van der Waals surface area contributed by atoms with Gasteiger partial charge in [-0.05, 0) is 30.5 Å². The van der Waals surface area contributed by atoms with Crippen molar-refractivity contribution in [2.45, 2.75) is 31.4 Å². The molecule has 0 unspecified atom stereocenters. The summed E-state index contributed by atoms with van der Waals surface area (Å²) < 4.78 is 0. The number of rotatable bonds is 5. The molecule has 0 bridgehead atoms. The number of benzene rings is 1. The molecule has 5 N–H and O–H groups in total. The zero-order chi connectivity index (χ0) is 18.1. The molecule has 1 saturated carbocycles. The summed E-state index contributed by atoms with van der Waals surface area (Å²) in [4.78, 5) is 8.55. The van der Waals surface area contributed by atoms with Gasteiger partial charge in [-0.1, -0.05) is 23.7 Å². The van der Waals surface area contributed by atoms with E-state index in [9.17, 15) is 5.11 Å². The molecule has 0 radical (unpaired) electrons. The molecule has 26 heavy (non-hydrogen) atoms. The van der Waals surface area contributed by atoms with Gasteiger partial charge in [0.05, 0.1) is 23.7 Å². The molecular weight excluding hydrogens is 352 g/mol. The van der Waals surface area contributed by atoms with Crippen molar-refractivity contribution in [2.75, 3.05) is 11.1 Å². The zero-order valence-corrected chi connectivity index (χ0v) is 14.7. The molecule has 1 aliphatic rings. The molecule has 0 saturated heterocycles. The Kier molecular flexibility index (Phi) is 4.48. The fraction of sp³-hybridized carbons (Fsp3) is 0.278. The minimum atomic E-state index is -0.236. The lowest BCUT2D eigenvalue weighted by molar-refractivity contribution is 0.0732. The summed E-state index contributed by atoms with van der Waals surface area (Å²) in [7, 11) is 0. The first-order valence-corrected chi connectivity index (χ1v) is 8.81. The first kappa shape index (κ1) is 16.8. The highest BCUT2D eigenvalue weighted by Gasteiger charge is 2.30. The van der Waals surface area contributed by atoms with Crippen LogP contribution in [-0.2, 0) is 6.54 Å². The van der Waals surface area contributed by atoms with Gasteiger partial charge in [0.2, 0.25) is 5.95 Å². The fourth-order valence-corrected chi connectivity index (χ4v) is 3.24. The third kappa shape index (κ3) is 3.49. The van der Waals surface area contributed by atoms with E-state index in [1.165, 1.54) is 0 Å². The zero-order valence-electron chi connectivity index (χ0n) is 14.0. The molecule has 0 aliphatic heterocycles. The molecule has 0 atom stereocenters. The second-order valence-electron chi connectivity index (χ2n) is 6.49. The van der Waals surface area contributed by atoms with Crippen molar-refractivity contribution in [2.24, 2.45) is 0 Å². The van der Waals surface area contributed by atoms with Crippen molar-refractivity contribution < 1.29 is 5.11 Å². The molecule has 7 nitrogen and oxygen atoms in total. The van der Waals surface area contributed by atoms with E-state index in [2.05, 4.69) is 25.5 Å². The Morgan fingerprint density at radius 1 is 1.23 bits per heavy atom. The van der Waals surface area contributed by atoms with Crippen LogP contribution in [-0.4, -0.2) is 31.4 Å². The van der Waals surface area contributed by atoms with Gasteiger partial charge in [-0.3, -0.25) is 5.10 Å². The van der Waals surface area contributed by atoms with Crippen LogP contribution < -0.4 is 11.1 Å². The highest BCUT2D eigenvalue weighted by Crippen LogP contribution is 2.36. The van der Waals surface area contributed by atoms with E-state index >= 15 is 0 Å². The molecule has 4 rings (SSSR count). The number of aliphatic hydroxyl groups excluding tert-OH is 1. The second kappa shape index (κ2) is 6.93. The number of nitrogens with two attached hydrogens (primary N) is 1. The predicted molar refractivity (Wildman–Crippen MR) is 101 cm³/mol. The van der Waals surface area contributed by atoms with Crippen molar-refractivity contribution in [3.05, 3.63) is 52.8 Å². The monoisotopic (exact) mass is 370 g/mol. The minimum Gasteiger partial charge on any atom is -0.393 e. The van der Waals surface area contributed by atoms with Crippen molar-refractivity contribution in [1.82, 2.24) is 20.2 Å². The Hall–Kier alpha value is -2.64. The molecule has 8 heteroatoms. The van der Waals surface area contributed by atoms with Gasteiger partial charge in [0.1, 0.15) is 5.82 Å². The topological polar surface area (TPSA) is 113 Å². The Labute approximate surface area is 155 Å². The third-order valence-electron chi connectivity index (χ3n) is 4.61. The van der Waals surface area contributed by atoms with Crippen LogP contribution in [0, 0.1) is 0 Å². The normalized spacial score (nSPS) is 19.2. The number of nitrogens with one attached hydrogen (secondary N) is 2. The van der Waals surface area contributed by atoms with Gasteiger partial charge < -0.3 is 16.2 Å². The standard InChI is InChI=1S/C18H19ClN6O/c19-13-3-1-10(2-4-13)17-12(9-22-25-17)8-21-16-7-15(23-18(20)24-16)11-5-14(26)6-11/h1-4,7,9,11,14,26H,5-6,8H2,(H,22,25)(H3,20,21,23,24). The maximum absolute atomic E-state index is 9.49. The average molecular weight is 371 g/mol. The van der Waals surface area contributed by atoms with Crippen LogP contribution >= 0.6 is 11.6 Å². The van der Waals surface area contributed by atoms with Gasteiger partial charge in [-0.2, -0.15) is 10.1 Å². The summed E-state index contributed by atoms with van der Waals surface area (Å²) in [5.41, 5.74) is 9.65. The maximum Gasteiger partial charge on any atom is 0.222 e. The SMILES string of the molecule is Nc1nc(NCc2cn[nH]c2-c2ccc(Cl)cc2)cc(C2CC(O)C2)n1. The summed E-state index contributed by atoms with van der Waals surface area (Å²) in [6.07, 6.45) is 2.99. The highest BCUT2D eigenvalue weighted by atomic mass is 35.5. The smallest absolute Gasteiger partial charge is 0.222 e. The second-order valence-corrected chi connectivity index (χ2v) is 6.93. The van der Waals surface area contributed by atoms with Gasteiger partial charge in [-0.25, -0.2) is 4.98 Å². The van der Waals surface area contributed by atoms with Crippen LogP contribution in [0.3, 0.4) is 0 Å². The molecule has 2 heterocycles. The molecule has 134 valence electrons. The van der Waals surface area contributed by atoms with Crippen LogP contribution in [0.5, 0.6) is 0 Å². The number of halogens is 1. The summed E-state index contributed by atoms with van der Waals surface area (Å²) >= 11 is 5.96. The van der Waals surface area contributed by atoms with E-state index in [4.69, 9.17) is 17.3 Å². The van der Waals surface area contributed by atoms with Crippen molar-refractivity contribution in [1.29, 1.82) is 0 Å². The van der Waals surface area contributed by atoms with Crippen LogP contribution in [0.2, 0.25) is 5.02 Å². The van der Waals surface area contributed by atoms with E-state index in [1.807, 2.05) is 30.3 Å². The number of nitrogens with zero attached hydrogens (tertiary/aromatic N) is 3. The molecule has 2 aromatic heterocycles. The number of aliphatic hydroxyl groups is 1. The first-order valence-electron chi connectivity index (χ1n) is 8.43. The summed E-state index contributed by atoms with van der Waals surface area (Å²) in [6, 6.07) is 9.48. The average Bonchev–Trinajstić information content (AvgIpc) is 3.06. The Bertz CT molecular complexity index is 904. The molecule has 1 aromatic carbocycles. The quantitative estimate of drug-likeness (QED) is 0.549. The number of anilines is 2. The van der Waals surface area contributed by atoms with Gasteiger partial charge in [0, 0.05) is 29.1 Å². The lowest BCUT2D eigenvalue weighted by atomic mass is 9.80. The lowest BCUT2D eigenvalue weighted by Gasteiger charge is -2.30. The van der Waals surface area contributed by atoms with Crippen LogP contribution in [0.4, 0.5) is 11.8 Å². The summed E-state index contributed by atoms with van der Waals surface area (Å²) in [5, 5.41) is 20.6. The maximum atomic E-state index is 9.49. The number of nitrogen functional groups attached to an aromatic ring is 1. The fourth-order valence-electron chi connectivity index (χ4n) is 3.11. The highest BCUT2D eigenvalue weighted by molar-refractivity contribution is 6.30. The molecular formula is C18H19ClN6O. The molecule has 0 amide bonds. The summed E-state index contributed by atoms with van der Waals surface area (Å²) in [5.74, 6) is 1.14. The molecule has 1 fully saturated rings. The largest absolute Gasteiger partial charge is 0.393 e. The van der Waals surface area contributed by atoms with Crippen molar-refractivity contribution in [3.8, 4) is 11.3 Å². The van der Waals surface area contributed by atoms with Gasteiger partial charge in [-0.15, -0.1) is 0 Å². The molecule has 0 spiro atoms. The van der Waals surface area contributed by atoms with E-state index < -0.39 is 0 Å². The van der Waals surface area contributed by atoms with E-state index in [1.54, 1.807) is 6.20 Å². The van der Waals surface area contributed by atoms with Crippen LogP contribution in [0.15, 0.2) is 36.5 Å². The minimum absolute atomic E-state index is 0.233. The number of hydrogen-bond donors (Lipinski definition) is 4. The third-order valence-corrected chi connectivity index (χ3v) is 4.86. The Morgan fingerprint density at radius 3 is 2.73 bits per heavy atom. The predicted octanol–water partition coefficient (Wildman–Crippen LogP) is 2.95. The van der Waals surface area contributed by atoms with Crippen molar-refractivity contribution >= 4 is 23.4 Å².